The maximum Gasteiger partial charge on any atom is 0.272 e. The highest BCUT2D eigenvalue weighted by molar-refractivity contribution is 6.30. The van der Waals surface area contributed by atoms with Crippen molar-refractivity contribution in [3.8, 4) is 5.75 Å². The molecule has 0 bridgehead atoms. The Morgan fingerprint density at radius 3 is 2.48 bits per heavy atom. The van der Waals surface area contributed by atoms with Crippen LogP contribution in [0.1, 0.15) is 21.5 Å². The molecular formula is C22H19ClN2O4. The number of ether oxygens (including phenoxy) is 1. The summed E-state index contributed by atoms with van der Waals surface area (Å²) in [7, 11) is 1.62. The second-order valence-electron chi connectivity index (χ2n) is 6.51. The topological polar surface area (TPSA) is 72.7 Å². The van der Waals surface area contributed by atoms with E-state index in [2.05, 4.69) is 0 Å². The molecule has 0 aromatic heterocycles. The second kappa shape index (κ2) is 8.75. The van der Waals surface area contributed by atoms with Crippen molar-refractivity contribution in [3.63, 3.8) is 0 Å². The first kappa shape index (κ1) is 20.4. The van der Waals surface area contributed by atoms with Crippen LogP contribution < -0.4 is 9.64 Å². The van der Waals surface area contributed by atoms with E-state index >= 15 is 0 Å². The van der Waals surface area contributed by atoms with Gasteiger partial charge in [0.15, 0.2) is 0 Å². The number of hydrogen-bond acceptors (Lipinski definition) is 4. The van der Waals surface area contributed by atoms with Gasteiger partial charge in [-0.25, -0.2) is 0 Å². The van der Waals surface area contributed by atoms with E-state index < -0.39 is 4.92 Å². The lowest BCUT2D eigenvalue weighted by Gasteiger charge is -2.21. The lowest BCUT2D eigenvalue weighted by Crippen LogP contribution is -2.26. The predicted octanol–water partition coefficient (Wildman–Crippen LogP) is 5.41. The van der Waals surface area contributed by atoms with E-state index in [1.807, 2.05) is 30.3 Å². The van der Waals surface area contributed by atoms with Crippen LogP contribution in [0, 0.1) is 17.0 Å². The van der Waals surface area contributed by atoms with E-state index in [0.717, 1.165) is 5.56 Å². The summed E-state index contributed by atoms with van der Waals surface area (Å²) >= 11 is 6.12. The summed E-state index contributed by atoms with van der Waals surface area (Å²) in [5.41, 5.74) is 2.28. The molecule has 29 heavy (non-hydrogen) atoms. The fourth-order valence-electron chi connectivity index (χ4n) is 2.91. The Balaban J connectivity index is 1.86. The first-order valence-corrected chi connectivity index (χ1v) is 9.24. The third kappa shape index (κ3) is 4.73. The molecule has 0 atom stereocenters. The SMILES string of the molecule is Cc1cc(C(=O)N(C)c2ccc(Cl)cc2OCc2ccccc2)ccc1[N+](=O)[O-]. The van der Waals surface area contributed by atoms with Gasteiger partial charge in [-0.1, -0.05) is 41.9 Å². The molecule has 0 heterocycles. The molecule has 6 nitrogen and oxygen atoms in total. The Labute approximate surface area is 173 Å². The number of benzene rings is 3. The maximum absolute atomic E-state index is 13.0. The highest BCUT2D eigenvalue weighted by atomic mass is 35.5. The van der Waals surface area contributed by atoms with E-state index in [9.17, 15) is 14.9 Å². The first-order chi connectivity index (χ1) is 13.9. The van der Waals surface area contributed by atoms with Gasteiger partial charge in [-0.2, -0.15) is 0 Å². The van der Waals surface area contributed by atoms with Crippen molar-refractivity contribution in [3.05, 3.63) is 98.6 Å². The normalized spacial score (nSPS) is 10.4. The summed E-state index contributed by atoms with van der Waals surface area (Å²) in [4.78, 5) is 24.9. The van der Waals surface area contributed by atoms with Gasteiger partial charge in [0, 0.05) is 35.3 Å². The van der Waals surface area contributed by atoms with Gasteiger partial charge in [0.1, 0.15) is 12.4 Å². The van der Waals surface area contributed by atoms with Gasteiger partial charge in [-0.15, -0.1) is 0 Å². The van der Waals surface area contributed by atoms with E-state index in [0.29, 0.717) is 34.2 Å². The standard InChI is InChI=1S/C22H19ClN2O4/c1-15-12-17(8-10-19(15)25(27)28)22(26)24(2)20-11-9-18(23)13-21(20)29-14-16-6-4-3-5-7-16/h3-13H,14H2,1-2H3. The quantitative estimate of drug-likeness (QED) is 0.402. The molecule has 0 N–H and O–H groups in total. The third-order valence-electron chi connectivity index (χ3n) is 4.47. The van der Waals surface area contributed by atoms with Gasteiger partial charge in [-0.3, -0.25) is 14.9 Å². The number of rotatable bonds is 6. The Morgan fingerprint density at radius 2 is 1.83 bits per heavy atom. The van der Waals surface area contributed by atoms with Crippen LogP contribution in [0.25, 0.3) is 0 Å². The van der Waals surface area contributed by atoms with Crippen molar-refractivity contribution in [2.24, 2.45) is 0 Å². The van der Waals surface area contributed by atoms with Crippen LogP contribution in [0.4, 0.5) is 11.4 Å². The molecule has 0 aliphatic carbocycles. The number of anilines is 1. The summed E-state index contributed by atoms with van der Waals surface area (Å²) in [5.74, 6) is 0.158. The summed E-state index contributed by atoms with van der Waals surface area (Å²) in [6, 6.07) is 19.0. The van der Waals surface area contributed by atoms with Crippen LogP contribution in [0.5, 0.6) is 5.75 Å². The summed E-state index contributed by atoms with van der Waals surface area (Å²) in [6.45, 7) is 1.93. The average Bonchev–Trinajstić information content (AvgIpc) is 2.71. The lowest BCUT2D eigenvalue weighted by atomic mass is 10.1. The van der Waals surface area contributed by atoms with E-state index in [1.165, 1.54) is 23.1 Å². The number of nitrogens with zero attached hydrogens (tertiary/aromatic N) is 2. The van der Waals surface area contributed by atoms with Crippen molar-refractivity contribution < 1.29 is 14.5 Å². The van der Waals surface area contributed by atoms with Crippen LogP contribution >= 0.6 is 11.6 Å². The fraction of sp³-hybridized carbons (Fsp3) is 0.136. The van der Waals surface area contributed by atoms with Gasteiger partial charge >= 0.3 is 0 Å². The average molecular weight is 411 g/mol. The molecule has 0 saturated heterocycles. The van der Waals surface area contributed by atoms with Crippen LogP contribution in [0.2, 0.25) is 5.02 Å². The van der Waals surface area contributed by atoms with Crippen molar-refractivity contribution in [2.75, 3.05) is 11.9 Å². The minimum Gasteiger partial charge on any atom is -0.487 e. The Kier molecular flexibility index (Phi) is 6.14. The molecule has 1 amide bonds. The lowest BCUT2D eigenvalue weighted by molar-refractivity contribution is -0.385. The van der Waals surface area contributed by atoms with Gasteiger partial charge < -0.3 is 9.64 Å². The van der Waals surface area contributed by atoms with Crippen molar-refractivity contribution in [2.45, 2.75) is 13.5 Å². The van der Waals surface area contributed by atoms with Gasteiger partial charge in [0.2, 0.25) is 0 Å². The number of amides is 1. The molecule has 7 heteroatoms. The van der Waals surface area contributed by atoms with Crippen LogP contribution in [0.15, 0.2) is 66.7 Å². The molecule has 0 spiro atoms. The number of nitro groups is 1. The predicted molar refractivity (Wildman–Crippen MR) is 113 cm³/mol. The van der Waals surface area contributed by atoms with E-state index in [4.69, 9.17) is 16.3 Å². The van der Waals surface area contributed by atoms with Gasteiger partial charge in [0.25, 0.3) is 11.6 Å². The van der Waals surface area contributed by atoms with Crippen LogP contribution in [-0.2, 0) is 6.61 Å². The fourth-order valence-corrected chi connectivity index (χ4v) is 3.07. The largest absolute Gasteiger partial charge is 0.487 e. The molecule has 3 rings (SSSR count). The zero-order chi connectivity index (χ0) is 21.0. The maximum atomic E-state index is 13.0. The number of aryl methyl sites for hydroxylation is 1. The Bertz CT molecular complexity index is 1050. The number of carbonyl (C=O) groups is 1. The van der Waals surface area contributed by atoms with Crippen molar-refractivity contribution >= 4 is 28.9 Å². The number of halogens is 1. The summed E-state index contributed by atoms with van der Waals surface area (Å²) in [6.07, 6.45) is 0. The molecule has 0 saturated carbocycles. The number of nitro benzene ring substituents is 1. The minimum atomic E-state index is -0.470. The molecule has 3 aromatic rings. The van der Waals surface area contributed by atoms with Crippen LogP contribution in [-0.4, -0.2) is 17.9 Å². The molecule has 0 radical (unpaired) electrons. The molecule has 0 unspecified atom stereocenters. The van der Waals surface area contributed by atoms with Crippen LogP contribution in [0.3, 0.4) is 0 Å². The molecule has 0 aliphatic rings. The number of hydrogen-bond donors (Lipinski definition) is 0. The molecule has 3 aromatic carbocycles. The highest BCUT2D eigenvalue weighted by Gasteiger charge is 2.20. The zero-order valence-electron chi connectivity index (χ0n) is 16.0. The Morgan fingerprint density at radius 1 is 1.10 bits per heavy atom. The third-order valence-corrected chi connectivity index (χ3v) is 4.70. The van der Waals surface area contributed by atoms with Crippen molar-refractivity contribution in [1.82, 2.24) is 0 Å². The minimum absolute atomic E-state index is 0.0254. The smallest absolute Gasteiger partial charge is 0.272 e. The first-order valence-electron chi connectivity index (χ1n) is 8.86. The zero-order valence-corrected chi connectivity index (χ0v) is 16.7. The van der Waals surface area contributed by atoms with E-state index in [1.54, 1.807) is 32.2 Å². The van der Waals surface area contributed by atoms with E-state index in [-0.39, 0.29) is 11.6 Å². The number of carbonyl (C=O) groups excluding carboxylic acids is 1. The molecule has 148 valence electrons. The second-order valence-corrected chi connectivity index (χ2v) is 6.95. The van der Waals surface area contributed by atoms with Gasteiger partial charge in [0.05, 0.1) is 10.6 Å². The summed E-state index contributed by atoms with van der Waals surface area (Å²) < 4.78 is 5.92. The highest BCUT2D eigenvalue weighted by Crippen LogP contribution is 2.32. The van der Waals surface area contributed by atoms with Gasteiger partial charge in [-0.05, 0) is 36.8 Å². The summed E-state index contributed by atoms with van der Waals surface area (Å²) in [5, 5.41) is 11.5. The molecular weight excluding hydrogens is 392 g/mol. The Hall–Kier alpha value is -3.38. The monoisotopic (exact) mass is 410 g/mol. The molecule has 0 fully saturated rings. The molecule has 0 aliphatic heterocycles. The van der Waals surface area contributed by atoms with Crippen molar-refractivity contribution in [1.29, 1.82) is 0 Å².